The van der Waals surface area contributed by atoms with E-state index in [1.165, 1.54) is 23.5 Å². The number of fused-ring (bicyclic) bond motifs is 1. The van der Waals surface area contributed by atoms with Gasteiger partial charge in [-0.3, -0.25) is 4.98 Å². The molecular formula is C25H23Cl2FN2O3S. The van der Waals surface area contributed by atoms with Crippen LogP contribution in [0.5, 0.6) is 23.0 Å². The van der Waals surface area contributed by atoms with Gasteiger partial charge in [0, 0.05) is 40.7 Å². The van der Waals surface area contributed by atoms with Gasteiger partial charge in [-0.05, 0) is 54.8 Å². The van der Waals surface area contributed by atoms with Crippen molar-refractivity contribution in [2.24, 2.45) is 0 Å². The maximum Gasteiger partial charge on any atom is 0.167 e. The molecular weight excluding hydrogens is 498 g/mol. The molecule has 0 aliphatic heterocycles. The molecule has 4 aromatic rings. The van der Waals surface area contributed by atoms with Gasteiger partial charge in [-0.25, -0.2) is 4.39 Å². The van der Waals surface area contributed by atoms with Crippen LogP contribution in [0.25, 0.3) is 20.7 Å². The molecule has 0 saturated heterocycles. The maximum atomic E-state index is 14.3. The summed E-state index contributed by atoms with van der Waals surface area (Å²) in [5.74, 6) is 2.44. The lowest BCUT2D eigenvalue weighted by atomic mass is 10.1. The van der Waals surface area contributed by atoms with Crippen molar-refractivity contribution in [1.29, 1.82) is 0 Å². The third-order valence-electron chi connectivity index (χ3n) is 4.85. The Kier molecular flexibility index (Phi) is 8.32. The Morgan fingerprint density at radius 3 is 2.32 bits per heavy atom. The number of nitrogens with two attached hydrogens (primary N) is 1. The number of ether oxygens (including phenoxy) is 3. The van der Waals surface area contributed by atoms with Crippen LogP contribution in [0, 0.1) is 5.82 Å². The number of nitrogen functional groups attached to an aromatic ring is 1. The zero-order valence-corrected chi connectivity index (χ0v) is 20.6. The number of hydrogen-bond acceptors (Lipinski definition) is 6. The lowest BCUT2D eigenvalue weighted by Crippen LogP contribution is -2.03. The molecule has 34 heavy (non-hydrogen) atoms. The van der Waals surface area contributed by atoms with Gasteiger partial charge in [-0.1, -0.05) is 0 Å². The van der Waals surface area contributed by atoms with E-state index in [4.69, 9.17) is 43.1 Å². The largest absolute Gasteiger partial charge is 0.490 e. The summed E-state index contributed by atoms with van der Waals surface area (Å²) >= 11 is 13.1. The molecule has 0 fully saturated rings. The van der Waals surface area contributed by atoms with Gasteiger partial charge in [-0.2, -0.15) is 0 Å². The number of thiophene rings is 1. The molecule has 0 radical (unpaired) electrons. The summed E-state index contributed by atoms with van der Waals surface area (Å²) in [6, 6.07) is 13.8. The number of alkyl halides is 2. The van der Waals surface area contributed by atoms with Crippen molar-refractivity contribution in [1.82, 2.24) is 4.98 Å². The van der Waals surface area contributed by atoms with E-state index in [1.54, 1.807) is 18.3 Å². The first kappa shape index (κ1) is 24.4. The Morgan fingerprint density at radius 2 is 1.59 bits per heavy atom. The van der Waals surface area contributed by atoms with Gasteiger partial charge in [-0.15, -0.1) is 34.5 Å². The molecule has 2 heterocycles. The van der Waals surface area contributed by atoms with E-state index in [0.29, 0.717) is 47.9 Å². The minimum Gasteiger partial charge on any atom is -0.490 e. The fourth-order valence-corrected chi connectivity index (χ4v) is 4.50. The van der Waals surface area contributed by atoms with Crippen LogP contribution in [0.4, 0.5) is 10.1 Å². The van der Waals surface area contributed by atoms with Crippen molar-refractivity contribution in [2.75, 3.05) is 30.7 Å². The van der Waals surface area contributed by atoms with Gasteiger partial charge in [0.15, 0.2) is 23.1 Å². The molecule has 0 spiro atoms. The summed E-state index contributed by atoms with van der Waals surface area (Å²) in [6.07, 6.45) is 3.10. The maximum absolute atomic E-state index is 14.3. The highest BCUT2D eigenvalue weighted by Crippen LogP contribution is 2.41. The van der Waals surface area contributed by atoms with Crippen LogP contribution in [-0.2, 0) is 0 Å². The third kappa shape index (κ3) is 5.84. The minimum absolute atomic E-state index is 0.102. The van der Waals surface area contributed by atoms with Crippen molar-refractivity contribution in [3.05, 3.63) is 60.5 Å². The van der Waals surface area contributed by atoms with E-state index in [2.05, 4.69) is 4.98 Å². The average Bonchev–Trinajstić information content (AvgIpc) is 3.27. The molecule has 9 heteroatoms. The third-order valence-corrected chi connectivity index (χ3v) is 6.57. The monoisotopic (exact) mass is 520 g/mol. The topological polar surface area (TPSA) is 66.6 Å². The molecule has 0 amide bonds. The minimum atomic E-state index is -0.523. The van der Waals surface area contributed by atoms with E-state index in [1.807, 2.05) is 24.3 Å². The molecule has 2 N–H and O–H groups in total. The van der Waals surface area contributed by atoms with Gasteiger partial charge in [0.1, 0.15) is 5.75 Å². The molecule has 0 aliphatic rings. The Bertz CT molecular complexity index is 1270. The Labute approximate surface area is 211 Å². The molecule has 178 valence electrons. The zero-order chi connectivity index (χ0) is 23.9. The lowest BCUT2D eigenvalue weighted by Gasteiger charge is -2.13. The normalized spacial score (nSPS) is 11.0. The number of nitrogens with zero attached hydrogens (tertiary/aromatic N) is 1. The molecule has 0 aliphatic carbocycles. The molecule has 5 nitrogen and oxygen atoms in total. The highest BCUT2D eigenvalue weighted by atomic mass is 35.5. The molecule has 2 aromatic carbocycles. The van der Waals surface area contributed by atoms with E-state index in [-0.39, 0.29) is 5.75 Å². The second kappa shape index (κ2) is 11.6. The number of aromatic nitrogens is 1. The van der Waals surface area contributed by atoms with Crippen LogP contribution in [0.1, 0.15) is 12.8 Å². The van der Waals surface area contributed by atoms with E-state index >= 15 is 0 Å². The van der Waals surface area contributed by atoms with E-state index in [9.17, 15) is 4.39 Å². The van der Waals surface area contributed by atoms with Crippen molar-refractivity contribution < 1.29 is 18.6 Å². The second-order valence-corrected chi connectivity index (χ2v) is 9.18. The Morgan fingerprint density at radius 1 is 0.853 bits per heavy atom. The van der Waals surface area contributed by atoms with E-state index in [0.717, 1.165) is 33.5 Å². The SMILES string of the molecule is Nc1ccc(Oc2ccnc3cc(-c4ccc(OCCCCl)c(OCCCCl)c4)sc23)c(F)c1. The molecule has 0 unspecified atom stereocenters. The molecule has 0 atom stereocenters. The van der Waals surface area contributed by atoms with Crippen LogP contribution >= 0.6 is 34.5 Å². The van der Waals surface area contributed by atoms with Crippen molar-refractivity contribution in [3.63, 3.8) is 0 Å². The van der Waals surface area contributed by atoms with Crippen molar-refractivity contribution >= 4 is 50.4 Å². The fourth-order valence-electron chi connectivity index (χ4n) is 3.22. The fraction of sp³-hybridized carbons (Fsp3) is 0.240. The van der Waals surface area contributed by atoms with Gasteiger partial charge in [0.25, 0.3) is 0 Å². The number of hydrogen-bond donors (Lipinski definition) is 1. The summed E-state index contributed by atoms with van der Waals surface area (Å²) in [7, 11) is 0. The second-order valence-electron chi connectivity index (χ2n) is 7.37. The van der Waals surface area contributed by atoms with Crippen molar-refractivity contribution in [3.8, 4) is 33.4 Å². The standard InChI is InChI=1S/C25H23Cl2FN2O3S/c26-8-1-11-31-21-5-3-16(13-23(21)32-12-2-9-27)24-15-19-25(34-24)22(7-10-30-19)33-20-6-4-17(29)14-18(20)28/h3-7,10,13-15H,1-2,8-9,11-12,29H2. The van der Waals surface area contributed by atoms with Crippen molar-refractivity contribution in [2.45, 2.75) is 12.8 Å². The predicted molar refractivity (Wildman–Crippen MR) is 138 cm³/mol. The molecule has 0 saturated carbocycles. The summed E-state index contributed by atoms with van der Waals surface area (Å²) in [5, 5.41) is 0. The quantitative estimate of drug-likeness (QED) is 0.126. The predicted octanol–water partition coefficient (Wildman–Crippen LogP) is 7.49. The van der Waals surface area contributed by atoms with Crippen LogP contribution in [0.15, 0.2) is 54.7 Å². The Hall–Kier alpha value is -2.74. The number of halogens is 3. The van der Waals surface area contributed by atoms with Gasteiger partial charge >= 0.3 is 0 Å². The highest BCUT2D eigenvalue weighted by molar-refractivity contribution is 7.22. The van der Waals surface area contributed by atoms with E-state index < -0.39 is 5.82 Å². The molecule has 2 aromatic heterocycles. The van der Waals surface area contributed by atoms with Gasteiger partial charge < -0.3 is 19.9 Å². The molecule has 0 bridgehead atoms. The lowest BCUT2D eigenvalue weighted by molar-refractivity contribution is 0.269. The van der Waals surface area contributed by atoms with Gasteiger partial charge in [0.2, 0.25) is 0 Å². The summed E-state index contributed by atoms with van der Waals surface area (Å²) in [5.41, 5.74) is 7.67. The first-order chi connectivity index (χ1) is 16.6. The molecule has 4 rings (SSSR count). The number of anilines is 1. The number of benzene rings is 2. The smallest absolute Gasteiger partial charge is 0.167 e. The first-order valence-corrected chi connectivity index (χ1v) is 12.6. The highest BCUT2D eigenvalue weighted by Gasteiger charge is 2.15. The Balaban J connectivity index is 1.65. The summed E-state index contributed by atoms with van der Waals surface area (Å²) < 4.78 is 32.7. The first-order valence-electron chi connectivity index (χ1n) is 10.7. The average molecular weight is 521 g/mol. The van der Waals surface area contributed by atoms with Crippen LogP contribution in [-0.4, -0.2) is 30.0 Å². The van der Waals surface area contributed by atoms with Crippen LogP contribution in [0.3, 0.4) is 0 Å². The summed E-state index contributed by atoms with van der Waals surface area (Å²) in [6.45, 7) is 0.988. The summed E-state index contributed by atoms with van der Waals surface area (Å²) in [4.78, 5) is 5.41. The van der Waals surface area contributed by atoms with Crippen LogP contribution in [0.2, 0.25) is 0 Å². The van der Waals surface area contributed by atoms with Gasteiger partial charge in [0.05, 0.1) is 23.4 Å². The number of pyridine rings is 1. The zero-order valence-electron chi connectivity index (χ0n) is 18.2. The van der Waals surface area contributed by atoms with Crippen LogP contribution < -0.4 is 19.9 Å². The number of rotatable bonds is 11.